The van der Waals surface area contributed by atoms with Crippen LogP contribution in [0.5, 0.6) is 5.75 Å². The van der Waals surface area contributed by atoms with Gasteiger partial charge in [-0.3, -0.25) is 0 Å². The van der Waals surface area contributed by atoms with Crippen LogP contribution in [0.1, 0.15) is 45.6 Å². The summed E-state index contributed by atoms with van der Waals surface area (Å²) in [5.41, 5.74) is 6.81. The Bertz CT molecular complexity index is 379. The molecule has 108 valence electrons. The molecule has 2 N–H and O–H groups in total. The predicted molar refractivity (Wildman–Crippen MR) is 77.9 cm³/mol. The van der Waals surface area contributed by atoms with Gasteiger partial charge in [-0.1, -0.05) is 32.9 Å². The smallest absolute Gasteiger partial charge is 0.165 e. The van der Waals surface area contributed by atoms with Crippen LogP contribution in [0.2, 0.25) is 0 Å². The van der Waals surface area contributed by atoms with Gasteiger partial charge in [0.15, 0.2) is 11.6 Å². The molecule has 0 radical (unpaired) electrons. The lowest BCUT2D eigenvalue weighted by atomic mass is 10.0. The fraction of sp³-hybridized carbons (Fsp3) is 0.625. The maximum Gasteiger partial charge on any atom is 0.165 e. The molecule has 0 aromatic heterocycles. The summed E-state index contributed by atoms with van der Waals surface area (Å²) < 4.78 is 19.5. The van der Waals surface area contributed by atoms with Crippen molar-refractivity contribution in [2.24, 2.45) is 11.7 Å². The van der Waals surface area contributed by atoms with Gasteiger partial charge in [-0.25, -0.2) is 4.39 Å². The standard InChI is InChI=1S/C16H26FNO/c1-4-14(18)11-13-8-5-9-15(17)16(13)19-10-6-7-12(2)3/h5,8-9,12,14H,4,6-7,10-11,18H2,1-3H3. The fourth-order valence-electron chi connectivity index (χ4n) is 1.97. The van der Waals surface area contributed by atoms with Gasteiger partial charge in [0, 0.05) is 6.04 Å². The van der Waals surface area contributed by atoms with Gasteiger partial charge in [-0.15, -0.1) is 0 Å². The van der Waals surface area contributed by atoms with Crippen LogP contribution >= 0.6 is 0 Å². The maximum absolute atomic E-state index is 13.8. The molecule has 0 saturated carbocycles. The minimum absolute atomic E-state index is 0.0554. The van der Waals surface area contributed by atoms with Crippen molar-refractivity contribution in [3.8, 4) is 5.75 Å². The zero-order chi connectivity index (χ0) is 14.3. The van der Waals surface area contributed by atoms with E-state index in [1.54, 1.807) is 6.07 Å². The van der Waals surface area contributed by atoms with E-state index in [1.165, 1.54) is 6.07 Å². The summed E-state index contributed by atoms with van der Waals surface area (Å²) in [5.74, 6) is 0.748. The van der Waals surface area contributed by atoms with Crippen molar-refractivity contribution in [1.29, 1.82) is 0 Å². The molecule has 1 aromatic rings. The number of rotatable bonds is 8. The third-order valence-corrected chi connectivity index (χ3v) is 3.23. The Morgan fingerprint density at radius 1 is 1.32 bits per heavy atom. The van der Waals surface area contributed by atoms with Crippen molar-refractivity contribution in [3.05, 3.63) is 29.6 Å². The highest BCUT2D eigenvalue weighted by molar-refractivity contribution is 5.35. The summed E-state index contributed by atoms with van der Waals surface area (Å²) in [5, 5.41) is 0. The molecule has 0 spiro atoms. The monoisotopic (exact) mass is 267 g/mol. The van der Waals surface area contributed by atoms with Crippen LogP contribution in [0.25, 0.3) is 0 Å². The quantitative estimate of drug-likeness (QED) is 0.724. The van der Waals surface area contributed by atoms with Crippen LogP contribution < -0.4 is 10.5 Å². The first kappa shape index (κ1) is 16.0. The third-order valence-electron chi connectivity index (χ3n) is 3.23. The fourth-order valence-corrected chi connectivity index (χ4v) is 1.97. The average Bonchev–Trinajstić information content (AvgIpc) is 2.36. The molecule has 0 aliphatic heterocycles. The lowest BCUT2D eigenvalue weighted by molar-refractivity contribution is 0.280. The molecule has 19 heavy (non-hydrogen) atoms. The van der Waals surface area contributed by atoms with Gasteiger partial charge in [0.1, 0.15) is 0 Å². The van der Waals surface area contributed by atoms with E-state index in [1.807, 2.05) is 13.0 Å². The van der Waals surface area contributed by atoms with Crippen molar-refractivity contribution in [2.75, 3.05) is 6.61 Å². The van der Waals surface area contributed by atoms with Crippen LogP contribution in [-0.4, -0.2) is 12.6 Å². The Kier molecular flexibility index (Phi) is 6.85. The molecule has 2 nitrogen and oxygen atoms in total. The number of benzene rings is 1. The number of para-hydroxylation sites is 1. The SMILES string of the molecule is CCC(N)Cc1cccc(F)c1OCCCC(C)C. The van der Waals surface area contributed by atoms with E-state index in [4.69, 9.17) is 10.5 Å². The topological polar surface area (TPSA) is 35.2 Å². The van der Waals surface area contributed by atoms with Crippen molar-refractivity contribution < 1.29 is 9.13 Å². The van der Waals surface area contributed by atoms with Crippen LogP contribution in [0, 0.1) is 11.7 Å². The minimum atomic E-state index is -0.287. The molecule has 0 aliphatic rings. The third kappa shape index (κ3) is 5.60. The van der Waals surface area contributed by atoms with Crippen molar-refractivity contribution >= 4 is 0 Å². The number of halogens is 1. The summed E-state index contributed by atoms with van der Waals surface area (Å²) in [6, 6.07) is 5.11. The van der Waals surface area contributed by atoms with Crippen LogP contribution in [0.15, 0.2) is 18.2 Å². The molecule has 0 bridgehead atoms. The Morgan fingerprint density at radius 3 is 2.68 bits per heavy atom. The maximum atomic E-state index is 13.8. The van der Waals surface area contributed by atoms with E-state index >= 15 is 0 Å². The van der Waals surface area contributed by atoms with E-state index < -0.39 is 0 Å². The first-order chi connectivity index (χ1) is 9.04. The zero-order valence-electron chi connectivity index (χ0n) is 12.3. The highest BCUT2D eigenvalue weighted by Crippen LogP contribution is 2.24. The lowest BCUT2D eigenvalue weighted by Crippen LogP contribution is -2.22. The largest absolute Gasteiger partial charge is 0.490 e. The molecule has 1 atom stereocenters. The molecular weight excluding hydrogens is 241 g/mol. The van der Waals surface area contributed by atoms with Gasteiger partial charge in [-0.2, -0.15) is 0 Å². The van der Waals surface area contributed by atoms with Gasteiger partial charge in [0.05, 0.1) is 6.61 Å². The number of ether oxygens (including phenoxy) is 1. The summed E-state index contributed by atoms with van der Waals surface area (Å²) in [6.07, 6.45) is 3.58. The molecule has 0 amide bonds. The number of hydrogen-bond acceptors (Lipinski definition) is 2. The molecule has 1 aromatic carbocycles. The summed E-state index contributed by atoms with van der Waals surface area (Å²) in [4.78, 5) is 0. The summed E-state index contributed by atoms with van der Waals surface area (Å²) in [7, 11) is 0. The first-order valence-electron chi connectivity index (χ1n) is 7.20. The van der Waals surface area contributed by atoms with Crippen molar-refractivity contribution in [3.63, 3.8) is 0 Å². The molecule has 1 unspecified atom stereocenters. The molecule has 1 rings (SSSR count). The number of nitrogens with two attached hydrogens (primary N) is 1. The van der Waals surface area contributed by atoms with Crippen LogP contribution in [0.4, 0.5) is 4.39 Å². The van der Waals surface area contributed by atoms with Crippen molar-refractivity contribution in [2.45, 2.75) is 52.5 Å². The molecule has 0 aliphatic carbocycles. The molecule has 0 fully saturated rings. The van der Waals surface area contributed by atoms with E-state index in [0.717, 1.165) is 24.8 Å². The normalized spacial score (nSPS) is 12.7. The average molecular weight is 267 g/mol. The number of hydrogen-bond donors (Lipinski definition) is 1. The highest BCUT2D eigenvalue weighted by Gasteiger charge is 2.12. The van der Waals surface area contributed by atoms with E-state index in [2.05, 4.69) is 13.8 Å². The van der Waals surface area contributed by atoms with Crippen LogP contribution in [0.3, 0.4) is 0 Å². The lowest BCUT2D eigenvalue weighted by Gasteiger charge is -2.15. The highest BCUT2D eigenvalue weighted by atomic mass is 19.1. The Balaban J connectivity index is 2.64. The van der Waals surface area contributed by atoms with Gasteiger partial charge >= 0.3 is 0 Å². The minimum Gasteiger partial charge on any atom is -0.490 e. The van der Waals surface area contributed by atoms with E-state index in [-0.39, 0.29) is 11.9 Å². The second-order valence-corrected chi connectivity index (χ2v) is 5.49. The Hall–Kier alpha value is -1.09. The molecule has 0 saturated heterocycles. The van der Waals surface area contributed by atoms with Crippen LogP contribution in [-0.2, 0) is 6.42 Å². The van der Waals surface area contributed by atoms with Gasteiger partial charge in [0.2, 0.25) is 0 Å². The Labute approximate surface area is 116 Å². The summed E-state index contributed by atoms with van der Waals surface area (Å²) in [6.45, 7) is 6.95. The second kappa shape index (κ2) is 8.16. The molecule has 0 heterocycles. The summed E-state index contributed by atoms with van der Waals surface area (Å²) >= 11 is 0. The molecule has 3 heteroatoms. The van der Waals surface area contributed by atoms with Gasteiger partial charge in [-0.05, 0) is 43.2 Å². The molecular formula is C16H26FNO. The van der Waals surface area contributed by atoms with E-state index in [9.17, 15) is 4.39 Å². The van der Waals surface area contributed by atoms with E-state index in [0.29, 0.717) is 24.7 Å². The second-order valence-electron chi connectivity index (χ2n) is 5.49. The van der Waals surface area contributed by atoms with Gasteiger partial charge in [0.25, 0.3) is 0 Å². The predicted octanol–water partition coefficient (Wildman–Crippen LogP) is 3.92. The Morgan fingerprint density at radius 2 is 2.05 bits per heavy atom. The first-order valence-corrected chi connectivity index (χ1v) is 7.20. The van der Waals surface area contributed by atoms with Gasteiger partial charge < -0.3 is 10.5 Å². The zero-order valence-corrected chi connectivity index (χ0v) is 12.3. The van der Waals surface area contributed by atoms with Crippen molar-refractivity contribution in [1.82, 2.24) is 0 Å².